The molecule has 0 aliphatic rings. The number of hydrogen-bond donors (Lipinski definition) is 2. The summed E-state index contributed by atoms with van der Waals surface area (Å²) >= 11 is 1.40. The first-order chi connectivity index (χ1) is 8.99. The number of aromatic hydroxyl groups is 1. The predicted molar refractivity (Wildman–Crippen MR) is 71.8 cm³/mol. The number of thiophene rings is 1. The molecule has 0 unspecified atom stereocenters. The molecule has 1 amide bonds. The lowest BCUT2D eigenvalue weighted by Crippen LogP contribution is -2.12. The molecular weight excluding hydrogens is 268 g/mol. The number of rotatable bonds is 3. The van der Waals surface area contributed by atoms with Gasteiger partial charge in [-0.15, -0.1) is 0 Å². The van der Waals surface area contributed by atoms with Crippen molar-refractivity contribution >= 4 is 28.6 Å². The van der Waals surface area contributed by atoms with Gasteiger partial charge in [0.1, 0.15) is 5.75 Å². The van der Waals surface area contributed by atoms with E-state index in [2.05, 4.69) is 5.32 Å². The summed E-state index contributed by atoms with van der Waals surface area (Å²) in [6.07, 6.45) is 0. The summed E-state index contributed by atoms with van der Waals surface area (Å²) in [7, 11) is 0. The Morgan fingerprint density at radius 3 is 2.68 bits per heavy atom. The first-order valence-electron chi connectivity index (χ1n) is 5.30. The van der Waals surface area contributed by atoms with Crippen molar-refractivity contribution in [3.8, 4) is 5.75 Å². The van der Waals surface area contributed by atoms with Crippen molar-refractivity contribution in [2.75, 3.05) is 5.32 Å². The largest absolute Gasteiger partial charge is 0.506 e. The highest BCUT2D eigenvalue weighted by Crippen LogP contribution is 2.28. The van der Waals surface area contributed by atoms with Gasteiger partial charge in [0, 0.05) is 11.4 Å². The van der Waals surface area contributed by atoms with Gasteiger partial charge in [0.15, 0.2) is 0 Å². The monoisotopic (exact) mass is 278 g/mol. The van der Waals surface area contributed by atoms with Gasteiger partial charge in [-0.1, -0.05) is 0 Å². The summed E-state index contributed by atoms with van der Waals surface area (Å²) in [6, 6.07) is 3.51. The van der Waals surface area contributed by atoms with Crippen LogP contribution >= 0.6 is 11.3 Å². The van der Waals surface area contributed by atoms with Crippen LogP contribution < -0.4 is 5.32 Å². The van der Waals surface area contributed by atoms with Gasteiger partial charge in [0.2, 0.25) is 0 Å². The zero-order valence-corrected chi connectivity index (χ0v) is 10.7. The third-order valence-corrected chi connectivity index (χ3v) is 3.40. The molecule has 0 saturated carbocycles. The van der Waals surface area contributed by atoms with E-state index in [1.165, 1.54) is 23.5 Å². The van der Waals surface area contributed by atoms with Crippen molar-refractivity contribution < 1.29 is 14.8 Å². The first-order valence-corrected chi connectivity index (χ1v) is 6.25. The molecule has 0 atom stereocenters. The third kappa shape index (κ3) is 2.71. The van der Waals surface area contributed by atoms with Gasteiger partial charge >= 0.3 is 0 Å². The molecule has 1 heterocycles. The van der Waals surface area contributed by atoms with Crippen molar-refractivity contribution in [2.24, 2.45) is 0 Å². The van der Waals surface area contributed by atoms with Gasteiger partial charge in [-0.2, -0.15) is 11.3 Å². The van der Waals surface area contributed by atoms with Gasteiger partial charge in [0.05, 0.1) is 22.2 Å². The minimum absolute atomic E-state index is 0.140. The summed E-state index contributed by atoms with van der Waals surface area (Å²) in [5.74, 6) is -0.696. The highest BCUT2D eigenvalue weighted by atomic mass is 32.1. The normalized spacial score (nSPS) is 10.2. The molecule has 0 saturated heterocycles. The second kappa shape index (κ2) is 5.07. The Kier molecular flexibility index (Phi) is 3.48. The molecule has 1 aromatic heterocycles. The lowest BCUT2D eigenvalue weighted by molar-refractivity contribution is -0.384. The number of amides is 1. The van der Waals surface area contributed by atoms with Crippen LogP contribution in [-0.4, -0.2) is 15.9 Å². The molecular formula is C12H10N2O4S. The molecule has 7 heteroatoms. The zero-order valence-electron chi connectivity index (χ0n) is 9.91. The third-order valence-electron chi connectivity index (χ3n) is 2.54. The minimum atomic E-state index is -0.617. The molecule has 0 aliphatic carbocycles. The fraction of sp³-hybridized carbons (Fsp3) is 0.0833. The molecule has 2 rings (SSSR count). The van der Waals surface area contributed by atoms with Crippen LogP contribution in [0.3, 0.4) is 0 Å². The zero-order chi connectivity index (χ0) is 14.0. The van der Waals surface area contributed by atoms with E-state index in [4.69, 9.17) is 0 Å². The van der Waals surface area contributed by atoms with Crippen LogP contribution in [0.1, 0.15) is 15.9 Å². The van der Waals surface area contributed by atoms with E-state index in [9.17, 15) is 20.0 Å². The molecule has 0 fully saturated rings. The van der Waals surface area contributed by atoms with Crippen molar-refractivity contribution in [3.05, 3.63) is 50.2 Å². The first kappa shape index (κ1) is 13.0. The predicted octanol–water partition coefficient (Wildman–Crippen LogP) is 2.92. The number of phenolic OH excluding ortho intramolecular Hbond substituents is 1. The summed E-state index contributed by atoms with van der Waals surface area (Å²) < 4.78 is 0. The maximum Gasteiger partial charge on any atom is 0.273 e. The Morgan fingerprint density at radius 1 is 1.42 bits per heavy atom. The molecule has 6 nitrogen and oxygen atoms in total. The second-order valence-corrected chi connectivity index (χ2v) is 4.62. The van der Waals surface area contributed by atoms with Crippen molar-refractivity contribution in [2.45, 2.75) is 6.92 Å². The van der Waals surface area contributed by atoms with E-state index in [0.29, 0.717) is 5.56 Å². The Morgan fingerprint density at radius 2 is 2.16 bits per heavy atom. The molecule has 0 spiro atoms. The van der Waals surface area contributed by atoms with Crippen LogP contribution in [0.5, 0.6) is 5.75 Å². The maximum absolute atomic E-state index is 11.9. The standard InChI is InChI=1S/C12H10N2O4S/c1-7-5-19-6-9(7)12(16)13-10-3-2-8(14(17)18)4-11(10)15/h2-6,15H,1H3,(H,13,16). The number of non-ortho nitro benzene ring substituents is 1. The number of carbonyl (C=O) groups is 1. The minimum Gasteiger partial charge on any atom is -0.506 e. The van der Waals surface area contributed by atoms with Gasteiger partial charge < -0.3 is 10.4 Å². The number of phenols is 1. The van der Waals surface area contributed by atoms with Crippen LogP contribution in [0.2, 0.25) is 0 Å². The van der Waals surface area contributed by atoms with Crippen LogP contribution in [0.15, 0.2) is 29.0 Å². The average molecular weight is 278 g/mol. The van der Waals surface area contributed by atoms with Crippen molar-refractivity contribution in [1.29, 1.82) is 0 Å². The number of nitro groups is 1. The summed E-state index contributed by atoms with van der Waals surface area (Å²) in [4.78, 5) is 21.8. The molecule has 2 aromatic rings. The Balaban J connectivity index is 2.23. The van der Waals surface area contributed by atoms with Gasteiger partial charge in [-0.3, -0.25) is 14.9 Å². The van der Waals surface area contributed by atoms with E-state index in [0.717, 1.165) is 11.6 Å². The quantitative estimate of drug-likeness (QED) is 0.513. The number of anilines is 1. The lowest BCUT2D eigenvalue weighted by Gasteiger charge is -2.06. The molecule has 0 radical (unpaired) electrons. The molecule has 0 aliphatic heterocycles. The molecule has 1 aromatic carbocycles. The summed E-state index contributed by atoms with van der Waals surface area (Å²) in [5.41, 5.74) is 1.26. The number of aryl methyl sites for hydroxylation is 1. The second-order valence-electron chi connectivity index (χ2n) is 3.88. The highest BCUT2D eigenvalue weighted by Gasteiger charge is 2.14. The smallest absolute Gasteiger partial charge is 0.273 e. The van der Waals surface area contributed by atoms with Gasteiger partial charge in [0.25, 0.3) is 11.6 Å². The number of nitrogens with zero attached hydrogens (tertiary/aromatic N) is 1. The van der Waals surface area contributed by atoms with Crippen LogP contribution in [0.25, 0.3) is 0 Å². The number of nitro benzene ring substituents is 1. The fourth-order valence-electron chi connectivity index (χ4n) is 1.52. The SMILES string of the molecule is Cc1cscc1C(=O)Nc1ccc([N+](=O)[O-])cc1O. The molecule has 19 heavy (non-hydrogen) atoms. The van der Waals surface area contributed by atoms with E-state index in [1.54, 1.807) is 12.3 Å². The number of nitrogens with one attached hydrogen (secondary N) is 1. The highest BCUT2D eigenvalue weighted by molar-refractivity contribution is 7.08. The summed E-state index contributed by atoms with van der Waals surface area (Å²) in [6.45, 7) is 1.81. The molecule has 0 bridgehead atoms. The lowest BCUT2D eigenvalue weighted by atomic mass is 10.2. The Labute approximate surface area is 112 Å². The van der Waals surface area contributed by atoms with Crippen molar-refractivity contribution in [1.82, 2.24) is 0 Å². The number of benzene rings is 1. The summed E-state index contributed by atoms with van der Waals surface area (Å²) in [5, 5.41) is 26.2. The fourth-order valence-corrected chi connectivity index (χ4v) is 2.35. The van der Waals surface area contributed by atoms with E-state index < -0.39 is 4.92 Å². The molecule has 2 N–H and O–H groups in total. The van der Waals surface area contributed by atoms with E-state index in [-0.39, 0.29) is 23.0 Å². The van der Waals surface area contributed by atoms with Crippen LogP contribution in [0.4, 0.5) is 11.4 Å². The maximum atomic E-state index is 11.9. The molecule has 98 valence electrons. The van der Waals surface area contributed by atoms with Gasteiger partial charge in [-0.05, 0) is 23.9 Å². The van der Waals surface area contributed by atoms with E-state index >= 15 is 0 Å². The Bertz CT molecular complexity index is 651. The van der Waals surface area contributed by atoms with Gasteiger partial charge in [-0.25, -0.2) is 0 Å². The number of hydrogen-bond acceptors (Lipinski definition) is 5. The van der Waals surface area contributed by atoms with Crippen molar-refractivity contribution in [3.63, 3.8) is 0 Å². The van der Waals surface area contributed by atoms with Crippen LogP contribution in [0, 0.1) is 17.0 Å². The topological polar surface area (TPSA) is 92.5 Å². The number of carbonyl (C=O) groups excluding carboxylic acids is 1. The average Bonchev–Trinajstić information content (AvgIpc) is 2.77. The Hall–Kier alpha value is -2.41. The van der Waals surface area contributed by atoms with E-state index in [1.807, 2.05) is 5.38 Å². The van der Waals surface area contributed by atoms with Crippen LogP contribution in [-0.2, 0) is 0 Å².